The molecule has 0 heterocycles. The third-order valence-electron chi connectivity index (χ3n) is 10.7. The number of carbonyl (C=O) groups is 7. The summed E-state index contributed by atoms with van der Waals surface area (Å²) >= 11 is 0. The van der Waals surface area contributed by atoms with Gasteiger partial charge in [0.2, 0.25) is 11.8 Å². The van der Waals surface area contributed by atoms with E-state index in [1.807, 2.05) is 109 Å². The van der Waals surface area contributed by atoms with E-state index in [2.05, 4.69) is 31.9 Å². The number of amides is 6. The quantitative estimate of drug-likeness (QED) is 0.0173. The number of carbonyl (C=O) groups excluding carboxylic acids is 7. The highest BCUT2D eigenvalue weighted by molar-refractivity contribution is 5.93. The molecule has 18 nitrogen and oxygen atoms in total. The number of benzene rings is 4. The van der Waals surface area contributed by atoms with Crippen molar-refractivity contribution in [3.05, 3.63) is 144 Å². The number of unbranched alkanes of at least 4 members (excludes halogenated alkanes) is 3. The van der Waals surface area contributed by atoms with Crippen LogP contribution in [0.15, 0.2) is 121 Å². The van der Waals surface area contributed by atoms with Crippen LogP contribution >= 0.6 is 0 Å². The molecule has 0 spiro atoms. The van der Waals surface area contributed by atoms with E-state index in [0.29, 0.717) is 38.5 Å². The Morgan fingerprint density at radius 3 is 1.04 bits per heavy atom. The van der Waals surface area contributed by atoms with Crippen LogP contribution < -0.4 is 31.9 Å². The van der Waals surface area contributed by atoms with Gasteiger partial charge >= 0.3 is 30.3 Å². The van der Waals surface area contributed by atoms with Gasteiger partial charge in [-0.25, -0.2) is 24.0 Å². The zero-order valence-corrected chi connectivity index (χ0v) is 41.5. The lowest BCUT2D eigenvalue weighted by atomic mass is 10.0. The Hall–Kier alpha value is -7.63. The van der Waals surface area contributed by atoms with Crippen LogP contribution in [0, 0.1) is 0 Å². The first-order chi connectivity index (χ1) is 34.7. The van der Waals surface area contributed by atoms with Gasteiger partial charge in [0.05, 0.1) is 0 Å². The van der Waals surface area contributed by atoms with Gasteiger partial charge in [-0.2, -0.15) is 0 Å². The SMILES string of the molecule is CC(C)(C)OC(=O)N[C@@H](CCCCNC(=O)OCc1ccccc1)C(=O)N[C@@H](CCCCNC(=O)OCc1ccccc1)C(=O)N[C@@H](CCCCNC(=O)OCc1ccccc1)C(=O)OCc1ccccc1. The minimum Gasteiger partial charge on any atom is -0.459 e. The molecule has 0 aromatic heterocycles. The zero-order chi connectivity index (χ0) is 51.8. The van der Waals surface area contributed by atoms with Crippen LogP contribution in [0.25, 0.3) is 0 Å². The van der Waals surface area contributed by atoms with Gasteiger partial charge in [-0.15, -0.1) is 0 Å². The summed E-state index contributed by atoms with van der Waals surface area (Å²) < 4.78 is 27.0. The Morgan fingerprint density at radius 2 is 0.694 bits per heavy atom. The highest BCUT2D eigenvalue weighted by atomic mass is 16.6. The van der Waals surface area contributed by atoms with Crippen LogP contribution in [-0.2, 0) is 64.5 Å². The largest absolute Gasteiger partial charge is 0.459 e. The Morgan fingerprint density at radius 1 is 0.389 bits per heavy atom. The minimum absolute atomic E-state index is 0.0514. The van der Waals surface area contributed by atoms with Gasteiger partial charge in [0.15, 0.2) is 0 Å². The lowest BCUT2D eigenvalue weighted by molar-refractivity contribution is -0.149. The zero-order valence-electron chi connectivity index (χ0n) is 41.5. The summed E-state index contributed by atoms with van der Waals surface area (Å²) in [5, 5.41) is 16.3. The monoisotopic (exact) mass is 995 g/mol. The Labute approximate surface area is 422 Å². The smallest absolute Gasteiger partial charge is 0.408 e. The molecule has 0 saturated carbocycles. The van der Waals surface area contributed by atoms with Crippen LogP contribution in [-0.4, -0.2) is 85.5 Å². The molecule has 18 heteroatoms. The maximum Gasteiger partial charge on any atom is 0.408 e. The number of nitrogens with one attached hydrogen (secondary N) is 6. The molecule has 6 N–H and O–H groups in total. The molecule has 72 heavy (non-hydrogen) atoms. The van der Waals surface area contributed by atoms with Crippen LogP contribution in [0.3, 0.4) is 0 Å². The Bertz CT molecular complexity index is 2250. The molecule has 0 bridgehead atoms. The number of hydrogen-bond acceptors (Lipinski definition) is 12. The second-order valence-corrected chi connectivity index (χ2v) is 17.9. The number of esters is 1. The van der Waals surface area contributed by atoms with Crippen molar-refractivity contribution in [2.75, 3.05) is 19.6 Å². The van der Waals surface area contributed by atoms with Crippen LogP contribution in [0.4, 0.5) is 19.2 Å². The van der Waals surface area contributed by atoms with E-state index in [4.69, 9.17) is 23.7 Å². The average Bonchev–Trinajstić information content (AvgIpc) is 3.37. The third kappa shape index (κ3) is 24.8. The fourth-order valence-electron chi connectivity index (χ4n) is 6.92. The maximum atomic E-state index is 14.3. The number of hydrogen-bond donors (Lipinski definition) is 6. The molecular weight excluding hydrogens is 925 g/mol. The molecule has 4 rings (SSSR count). The summed E-state index contributed by atoms with van der Waals surface area (Å²) in [6.45, 7) is 5.95. The second-order valence-electron chi connectivity index (χ2n) is 17.9. The summed E-state index contributed by atoms with van der Waals surface area (Å²) in [6.07, 6.45) is -0.0249. The van der Waals surface area contributed by atoms with E-state index in [1.165, 1.54) is 0 Å². The molecule has 0 saturated heterocycles. The van der Waals surface area contributed by atoms with E-state index in [0.717, 1.165) is 22.3 Å². The van der Waals surface area contributed by atoms with Crippen molar-refractivity contribution in [3.63, 3.8) is 0 Å². The first kappa shape index (κ1) is 57.0. The molecule has 4 aromatic rings. The van der Waals surface area contributed by atoms with Gasteiger partial charge in [0.25, 0.3) is 0 Å². The fraction of sp³-hybridized carbons (Fsp3) is 0.426. The standard InChI is InChI=1S/C54H70N6O12/c1-54(2,3)72-53(67)60-45(31-17-20-34-56-51(65)70-38-42-26-12-6-13-27-42)48(62)58-44(30-16-19-33-55-50(64)69-37-41-24-10-5-11-25-41)47(61)59-46(49(63)68-36-40-22-8-4-9-23-40)32-18-21-35-57-52(66)71-39-43-28-14-7-15-29-43/h4-15,22-29,44-46H,16-21,30-39H2,1-3H3,(H,55,64)(H,56,65)(H,57,66)(H,58,62)(H,59,61)(H,60,67)/t44-,45-,46-/m0/s1. The van der Waals surface area contributed by atoms with E-state index >= 15 is 0 Å². The van der Waals surface area contributed by atoms with Crippen molar-refractivity contribution in [2.24, 2.45) is 0 Å². The molecule has 0 aliphatic rings. The van der Waals surface area contributed by atoms with E-state index in [1.54, 1.807) is 32.9 Å². The summed E-state index contributed by atoms with van der Waals surface area (Å²) in [7, 11) is 0. The van der Waals surface area contributed by atoms with E-state index in [9.17, 15) is 33.6 Å². The topological polar surface area (TPSA) is 238 Å². The Balaban J connectivity index is 1.42. The van der Waals surface area contributed by atoms with Crippen LogP contribution in [0.2, 0.25) is 0 Å². The fourth-order valence-corrected chi connectivity index (χ4v) is 6.92. The predicted molar refractivity (Wildman–Crippen MR) is 269 cm³/mol. The van der Waals surface area contributed by atoms with E-state index in [-0.39, 0.29) is 65.3 Å². The van der Waals surface area contributed by atoms with Gasteiger partial charge in [-0.05, 0) is 101 Å². The highest BCUT2D eigenvalue weighted by Gasteiger charge is 2.31. The van der Waals surface area contributed by atoms with Gasteiger partial charge in [0.1, 0.15) is 50.2 Å². The van der Waals surface area contributed by atoms with Gasteiger partial charge < -0.3 is 55.6 Å². The molecule has 0 fully saturated rings. The van der Waals surface area contributed by atoms with Crippen molar-refractivity contribution in [2.45, 2.75) is 129 Å². The molecule has 0 aliphatic heterocycles. The highest BCUT2D eigenvalue weighted by Crippen LogP contribution is 2.13. The number of ether oxygens (including phenoxy) is 5. The molecule has 3 atom stereocenters. The number of alkyl carbamates (subject to hydrolysis) is 4. The second kappa shape index (κ2) is 32.3. The lowest BCUT2D eigenvalue weighted by Crippen LogP contribution is -2.56. The van der Waals surface area contributed by atoms with Gasteiger partial charge in [-0.3, -0.25) is 9.59 Å². The summed E-state index contributed by atoms with van der Waals surface area (Å²) in [4.78, 5) is 92.4. The summed E-state index contributed by atoms with van der Waals surface area (Å²) in [5.74, 6) is -2.07. The normalized spacial score (nSPS) is 12.1. The van der Waals surface area contributed by atoms with Crippen molar-refractivity contribution in [1.29, 1.82) is 0 Å². The molecule has 0 radical (unpaired) electrons. The average molecular weight is 995 g/mol. The third-order valence-corrected chi connectivity index (χ3v) is 10.7. The maximum absolute atomic E-state index is 14.3. The van der Waals surface area contributed by atoms with Gasteiger partial charge in [0, 0.05) is 19.6 Å². The van der Waals surface area contributed by atoms with Crippen molar-refractivity contribution < 1.29 is 57.2 Å². The summed E-state index contributed by atoms with van der Waals surface area (Å²) in [5.41, 5.74) is 2.35. The summed E-state index contributed by atoms with van der Waals surface area (Å²) in [6, 6.07) is 33.2. The van der Waals surface area contributed by atoms with Crippen LogP contribution in [0.1, 0.15) is 101 Å². The lowest BCUT2D eigenvalue weighted by Gasteiger charge is -2.26. The Kier molecular flexibility index (Phi) is 25.5. The van der Waals surface area contributed by atoms with Crippen molar-refractivity contribution in [3.8, 4) is 0 Å². The molecular formula is C54H70N6O12. The molecule has 0 aliphatic carbocycles. The molecule has 6 amide bonds. The minimum atomic E-state index is -1.21. The van der Waals surface area contributed by atoms with Crippen molar-refractivity contribution >= 4 is 42.2 Å². The predicted octanol–water partition coefficient (Wildman–Crippen LogP) is 7.88. The van der Waals surface area contributed by atoms with Gasteiger partial charge in [-0.1, -0.05) is 121 Å². The first-order valence-corrected chi connectivity index (χ1v) is 24.4. The first-order valence-electron chi connectivity index (χ1n) is 24.4. The molecule has 388 valence electrons. The molecule has 4 aromatic carbocycles. The van der Waals surface area contributed by atoms with E-state index < -0.39 is 65.9 Å². The van der Waals surface area contributed by atoms with Crippen molar-refractivity contribution in [1.82, 2.24) is 31.9 Å². The van der Waals surface area contributed by atoms with Crippen LogP contribution in [0.5, 0.6) is 0 Å². The number of rotatable bonds is 29. The molecule has 0 unspecified atom stereocenters.